The molecule has 1 aliphatic rings. The van der Waals surface area contributed by atoms with Crippen molar-refractivity contribution in [3.63, 3.8) is 0 Å². The van der Waals surface area contributed by atoms with Gasteiger partial charge in [0.25, 0.3) is 0 Å². The molecule has 118 valence electrons. The van der Waals surface area contributed by atoms with E-state index < -0.39 is 10.0 Å². The molecule has 1 atom stereocenters. The van der Waals surface area contributed by atoms with E-state index in [-0.39, 0.29) is 18.4 Å². The standard InChI is InChI=1S/C14H17N3O3S2/c1-22(19,20)17-6-2-3-10(9-17)14(18)16-12-4-5-13-11(7-12)8-15-21-13/h4-5,7-8,10H,2-3,6,9H2,1H3,(H,16,18)/t10-/m1/s1. The Bertz CT molecular complexity index is 801. The van der Waals surface area contributed by atoms with E-state index in [0.717, 1.165) is 10.1 Å². The van der Waals surface area contributed by atoms with Crippen LogP contribution >= 0.6 is 11.5 Å². The number of benzene rings is 1. The van der Waals surface area contributed by atoms with E-state index in [9.17, 15) is 13.2 Å². The van der Waals surface area contributed by atoms with Crippen LogP contribution in [0.3, 0.4) is 0 Å². The van der Waals surface area contributed by atoms with Crippen molar-refractivity contribution in [2.75, 3.05) is 24.7 Å². The molecule has 8 heteroatoms. The summed E-state index contributed by atoms with van der Waals surface area (Å²) >= 11 is 1.41. The topological polar surface area (TPSA) is 79.4 Å². The van der Waals surface area contributed by atoms with Gasteiger partial charge in [0.2, 0.25) is 15.9 Å². The Kier molecular flexibility index (Phi) is 4.16. The van der Waals surface area contributed by atoms with Gasteiger partial charge in [-0.2, -0.15) is 4.37 Å². The first-order valence-corrected chi connectivity index (χ1v) is 9.66. The van der Waals surface area contributed by atoms with E-state index in [1.807, 2.05) is 18.2 Å². The van der Waals surface area contributed by atoms with Crippen molar-refractivity contribution >= 4 is 43.2 Å². The number of nitrogens with one attached hydrogen (secondary N) is 1. The lowest BCUT2D eigenvalue weighted by atomic mass is 9.98. The summed E-state index contributed by atoms with van der Waals surface area (Å²) in [6, 6.07) is 5.65. The predicted octanol–water partition coefficient (Wildman–Crippen LogP) is 1.91. The molecule has 1 saturated heterocycles. The third-order valence-electron chi connectivity index (χ3n) is 3.84. The summed E-state index contributed by atoms with van der Waals surface area (Å²) in [6.45, 7) is 0.752. The fourth-order valence-corrected chi connectivity index (χ4v) is 4.19. The predicted molar refractivity (Wildman–Crippen MR) is 87.4 cm³/mol. The van der Waals surface area contributed by atoms with Crippen molar-refractivity contribution in [1.82, 2.24) is 8.68 Å². The van der Waals surface area contributed by atoms with E-state index in [4.69, 9.17) is 0 Å². The minimum Gasteiger partial charge on any atom is -0.326 e. The number of rotatable bonds is 3. The minimum atomic E-state index is -3.24. The van der Waals surface area contributed by atoms with Crippen LogP contribution in [0.2, 0.25) is 0 Å². The highest BCUT2D eigenvalue weighted by atomic mass is 32.2. The van der Waals surface area contributed by atoms with Crippen LogP contribution in [0.5, 0.6) is 0 Å². The Hall–Kier alpha value is -1.51. The second kappa shape index (κ2) is 5.94. The molecule has 0 radical (unpaired) electrons. The van der Waals surface area contributed by atoms with Gasteiger partial charge in [0.1, 0.15) is 0 Å². The molecule has 0 aliphatic carbocycles. The largest absolute Gasteiger partial charge is 0.326 e. The monoisotopic (exact) mass is 339 g/mol. The summed E-state index contributed by atoms with van der Waals surface area (Å²) in [5, 5.41) is 3.87. The Morgan fingerprint density at radius 3 is 3.05 bits per heavy atom. The Morgan fingerprint density at radius 1 is 1.45 bits per heavy atom. The first-order chi connectivity index (χ1) is 10.4. The van der Waals surface area contributed by atoms with Gasteiger partial charge < -0.3 is 5.32 Å². The lowest BCUT2D eigenvalue weighted by Crippen LogP contribution is -2.43. The number of anilines is 1. The lowest BCUT2D eigenvalue weighted by Gasteiger charge is -2.30. The molecule has 6 nitrogen and oxygen atoms in total. The van der Waals surface area contributed by atoms with Crippen molar-refractivity contribution in [1.29, 1.82) is 0 Å². The molecule has 1 aliphatic heterocycles. The molecule has 1 N–H and O–H groups in total. The van der Waals surface area contributed by atoms with Gasteiger partial charge in [-0.15, -0.1) is 0 Å². The Morgan fingerprint density at radius 2 is 2.27 bits per heavy atom. The van der Waals surface area contributed by atoms with Crippen LogP contribution in [-0.4, -0.2) is 42.3 Å². The second-order valence-corrected chi connectivity index (χ2v) is 8.34. The van der Waals surface area contributed by atoms with Gasteiger partial charge in [-0.25, -0.2) is 12.7 Å². The number of amides is 1. The number of hydrogen-bond donors (Lipinski definition) is 1. The molecule has 1 fully saturated rings. The maximum Gasteiger partial charge on any atom is 0.228 e. The lowest BCUT2D eigenvalue weighted by molar-refractivity contribution is -0.120. The molecule has 3 rings (SSSR count). The van der Waals surface area contributed by atoms with Crippen LogP contribution < -0.4 is 5.32 Å². The van der Waals surface area contributed by atoms with E-state index in [1.54, 1.807) is 6.20 Å². The number of carbonyl (C=O) groups is 1. The molecule has 2 aromatic rings. The number of sulfonamides is 1. The zero-order valence-electron chi connectivity index (χ0n) is 12.2. The molecule has 0 unspecified atom stereocenters. The van der Waals surface area contributed by atoms with Crippen LogP contribution in [0.25, 0.3) is 10.1 Å². The van der Waals surface area contributed by atoms with Crippen molar-refractivity contribution in [2.45, 2.75) is 12.8 Å². The molecule has 1 aromatic carbocycles. The van der Waals surface area contributed by atoms with Crippen LogP contribution in [0.4, 0.5) is 5.69 Å². The molecule has 1 aromatic heterocycles. The molecule has 0 saturated carbocycles. The van der Waals surface area contributed by atoms with E-state index >= 15 is 0 Å². The van der Waals surface area contributed by atoms with Crippen LogP contribution in [0.15, 0.2) is 24.4 Å². The van der Waals surface area contributed by atoms with E-state index in [0.29, 0.717) is 25.1 Å². The van der Waals surface area contributed by atoms with E-state index in [2.05, 4.69) is 9.69 Å². The molecule has 22 heavy (non-hydrogen) atoms. The highest BCUT2D eigenvalue weighted by Crippen LogP contribution is 2.24. The number of aromatic nitrogens is 1. The molecular formula is C14H17N3O3S2. The quantitative estimate of drug-likeness (QED) is 0.926. The summed E-state index contributed by atoms with van der Waals surface area (Å²) < 4.78 is 29.8. The normalized spacial score (nSPS) is 20.1. The maximum absolute atomic E-state index is 12.4. The fraction of sp³-hybridized carbons (Fsp3) is 0.429. The smallest absolute Gasteiger partial charge is 0.228 e. The average Bonchev–Trinajstić information content (AvgIpc) is 2.94. The summed E-state index contributed by atoms with van der Waals surface area (Å²) in [7, 11) is -3.24. The summed E-state index contributed by atoms with van der Waals surface area (Å²) in [6.07, 6.45) is 4.37. The zero-order valence-corrected chi connectivity index (χ0v) is 13.8. The molecule has 0 bridgehead atoms. The second-order valence-electron chi connectivity index (χ2n) is 5.53. The van der Waals surface area contributed by atoms with Gasteiger partial charge >= 0.3 is 0 Å². The number of fused-ring (bicyclic) bond motifs is 1. The fourth-order valence-electron chi connectivity index (χ4n) is 2.65. The van der Waals surface area contributed by atoms with Crippen LogP contribution in [0, 0.1) is 5.92 Å². The number of piperidine rings is 1. The number of hydrogen-bond acceptors (Lipinski definition) is 5. The first kappa shape index (κ1) is 15.4. The van der Waals surface area contributed by atoms with Crippen LogP contribution in [0.1, 0.15) is 12.8 Å². The van der Waals surface area contributed by atoms with Gasteiger partial charge in [0.05, 0.1) is 16.9 Å². The van der Waals surface area contributed by atoms with Gasteiger partial charge in [-0.05, 0) is 42.6 Å². The maximum atomic E-state index is 12.4. The van der Waals surface area contributed by atoms with Crippen molar-refractivity contribution in [3.8, 4) is 0 Å². The SMILES string of the molecule is CS(=O)(=O)N1CCC[C@@H](C(=O)Nc2ccc3sncc3c2)C1. The van der Waals surface area contributed by atoms with Crippen LogP contribution in [-0.2, 0) is 14.8 Å². The zero-order chi connectivity index (χ0) is 15.7. The van der Waals surface area contributed by atoms with E-state index in [1.165, 1.54) is 22.1 Å². The first-order valence-electron chi connectivity index (χ1n) is 7.04. The van der Waals surface area contributed by atoms with Crippen molar-refractivity contribution < 1.29 is 13.2 Å². The van der Waals surface area contributed by atoms with Crippen molar-refractivity contribution in [3.05, 3.63) is 24.4 Å². The summed E-state index contributed by atoms with van der Waals surface area (Å²) in [4.78, 5) is 12.4. The summed E-state index contributed by atoms with van der Waals surface area (Å²) in [5.74, 6) is -0.435. The molecular weight excluding hydrogens is 322 g/mol. The molecule has 0 spiro atoms. The molecule has 2 heterocycles. The summed E-state index contributed by atoms with van der Waals surface area (Å²) in [5.41, 5.74) is 0.717. The van der Waals surface area contributed by atoms with Gasteiger partial charge in [-0.1, -0.05) is 0 Å². The van der Waals surface area contributed by atoms with Crippen molar-refractivity contribution in [2.24, 2.45) is 5.92 Å². The molecule has 1 amide bonds. The van der Waals surface area contributed by atoms with Gasteiger partial charge in [-0.3, -0.25) is 4.79 Å². The third-order valence-corrected chi connectivity index (χ3v) is 5.89. The average molecular weight is 339 g/mol. The van der Waals surface area contributed by atoms with Gasteiger partial charge in [0.15, 0.2) is 0 Å². The Labute approximate surface area is 133 Å². The third kappa shape index (κ3) is 3.29. The number of nitrogens with zero attached hydrogens (tertiary/aromatic N) is 2. The Balaban J connectivity index is 1.70. The number of carbonyl (C=O) groups excluding carboxylic acids is 1. The highest BCUT2D eigenvalue weighted by molar-refractivity contribution is 7.88. The highest BCUT2D eigenvalue weighted by Gasteiger charge is 2.30. The minimum absolute atomic E-state index is 0.129. The van der Waals surface area contributed by atoms with Gasteiger partial charge in [0, 0.05) is 30.4 Å².